The molecule has 1 amide bonds. The summed E-state index contributed by atoms with van der Waals surface area (Å²) < 4.78 is 37.8. The number of carbonyl (C=O) groups is 1. The Kier molecular flexibility index (Phi) is 6.52. The second kappa shape index (κ2) is 8.62. The van der Waals surface area contributed by atoms with Gasteiger partial charge < -0.3 is 14.8 Å². The van der Waals surface area contributed by atoms with Crippen LogP contribution in [0.25, 0.3) is 0 Å². The van der Waals surface area contributed by atoms with Crippen LogP contribution in [0.5, 0.6) is 11.5 Å². The van der Waals surface area contributed by atoms with Gasteiger partial charge in [-0.3, -0.25) is 9.69 Å². The maximum atomic E-state index is 13.6. The summed E-state index contributed by atoms with van der Waals surface area (Å²) >= 11 is 0. The van der Waals surface area contributed by atoms with Crippen molar-refractivity contribution < 1.29 is 23.0 Å². The topological polar surface area (TPSA) is 50.8 Å². The predicted molar refractivity (Wildman–Crippen MR) is 95.6 cm³/mol. The van der Waals surface area contributed by atoms with Gasteiger partial charge in [-0.1, -0.05) is 6.07 Å². The van der Waals surface area contributed by atoms with Crippen molar-refractivity contribution in [1.82, 2.24) is 4.90 Å². The van der Waals surface area contributed by atoms with Crippen LogP contribution in [0.4, 0.5) is 14.5 Å². The average molecular weight is 364 g/mol. The lowest BCUT2D eigenvalue weighted by Gasteiger charge is -2.19. The Morgan fingerprint density at radius 3 is 2.27 bits per heavy atom. The fourth-order valence-electron chi connectivity index (χ4n) is 2.58. The van der Waals surface area contributed by atoms with E-state index in [0.29, 0.717) is 18.0 Å². The van der Waals surface area contributed by atoms with Crippen LogP contribution in [-0.4, -0.2) is 38.6 Å². The van der Waals surface area contributed by atoms with Crippen LogP contribution < -0.4 is 14.8 Å². The highest BCUT2D eigenvalue weighted by Gasteiger charge is 2.15. The number of nitrogens with zero attached hydrogens (tertiary/aromatic N) is 1. The van der Waals surface area contributed by atoms with E-state index in [1.54, 1.807) is 26.2 Å². The number of benzene rings is 2. The van der Waals surface area contributed by atoms with E-state index in [1.165, 1.54) is 6.07 Å². The number of nitrogens with one attached hydrogen (secondary N) is 1. The predicted octanol–water partition coefficient (Wildman–Crippen LogP) is 3.36. The van der Waals surface area contributed by atoms with Gasteiger partial charge in [0.15, 0.2) is 11.5 Å². The molecule has 2 aromatic carbocycles. The van der Waals surface area contributed by atoms with E-state index < -0.39 is 23.2 Å². The van der Waals surface area contributed by atoms with Crippen molar-refractivity contribution in [3.63, 3.8) is 0 Å². The van der Waals surface area contributed by atoms with Crippen LogP contribution in [0.2, 0.25) is 0 Å². The van der Waals surface area contributed by atoms with Gasteiger partial charge in [-0.05, 0) is 49.4 Å². The summed E-state index contributed by atoms with van der Waals surface area (Å²) in [5.41, 5.74) is 1.50. The third kappa shape index (κ3) is 4.70. The minimum atomic E-state index is -0.809. The number of para-hydroxylation sites is 1. The molecule has 5 nitrogen and oxygen atoms in total. The lowest BCUT2D eigenvalue weighted by Crippen LogP contribution is -2.30. The number of rotatable bonds is 7. The molecule has 0 bridgehead atoms. The Bertz CT molecular complexity index is 776. The smallest absolute Gasteiger partial charge is 0.238 e. The van der Waals surface area contributed by atoms with Crippen molar-refractivity contribution in [2.75, 3.05) is 33.1 Å². The third-order valence-corrected chi connectivity index (χ3v) is 3.92. The van der Waals surface area contributed by atoms with Gasteiger partial charge in [0.1, 0.15) is 17.3 Å². The first kappa shape index (κ1) is 19.7. The fourth-order valence-corrected chi connectivity index (χ4v) is 2.58. The quantitative estimate of drug-likeness (QED) is 0.819. The van der Waals surface area contributed by atoms with Crippen LogP contribution in [0.3, 0.4) is 0 Å². The highest BCUT2D eigenvalue weighted by molar-refractivity contribution is 5.92. The van der Waals surface area contributed by atoms with E-state index in [9.17, 15) is 13.6 Å². The molecule has 140 valence electrons. The molecule has 0 spiro atoms. The first-order valence-electron chi connectivity index (χ1n) is 7.99. The molecule has 0 radical (unpaired) electrons. The summed E-state index contributed by atoms with van der Waals surface area (Å²) in [6, 6.07) is 7.13. The number of hydrogen-bond donors (Lipinski definition) is 1. The van der Waals surface area contributed by atoms with E-state index >= 15 is 0 Å². The molecule has 0 saturated carbocycles. The largest absolute Gasteiger partial charge is 0.493 e. The van der Waals surface area contributed by atoms with Crippen LogP contribution in [0.1, 0.15) is 11.1 Å². The minimum Gasteiger partial charge on any atom is -0.493 e. The van der Waals surface area contributed by atoms with E-state index in [-0.39, 0.29) is 6.54 Å². The maximum absolute atomic E-state index is 13.6. The van der Waals surface area contributed by atoms with Crippen LogP contribution in [0.15, 0.2) is 30.3 Å². The molecule has 0 aromatic heterocycles. The third-order valence-electron chi connectivity index (χ3n) is 3.92. The molecule has 2 aromatic rings. The summed E-state index contributed by atoms with van der Waals surface area (Å²) in [7, 11) is 4.86. The molecule has 0 aliphatic carbocycles. The molecular weight excluding hydrogens is 342 g/mol. The Morgan fingerprint density at radius 2 is 1.69 bits per heavy atom. The molecule has 0 fully saturated rings. The summed E-state index contributed by atoms with van der Waals surface area (Å²) in [6.07, 6.45) is 0. The molecule has 1 N–H and O–H groups in total. The van der Waals surface area contributed by atoms with Gasteiger partial charge in [0.05, 0.1) is 20.8 Å². The first-order valence-corrected chi connectivity index (χ1v) is 7.99. The van der Waals surface area contributed by atoms with Gasteiger partial charge in [-0.2, -0.15) is 0 Å². The number of anilines is 1. The van der Waals surface area contributed by atoms with Gasteiger partial charge in [0, 0.05) is 6.54 Å². The van der Waals surface area contributed by atoms with Gasteiger partial charge in [0.25, 0.3) is 0 Å². The van der Waals surface area contributed by atoms with Crippen LogP contribution in [-0.2, 0) is 11.3 Å². The monoisotopic (exact) mass is 364 g/mol. The number of carbonyl (C=O) groups excluding carboxylic acids is 1. The zero-order valence-electron chi connectivity index (χ0n) is 15.2. The minimum absolute atomic E-state index is 0.0262. The molecule has 26 heavy (non-hydrogen) atoms. The summed E-state index contributed by atoms with van der Waals surface area (Å²) in [5.74, 6) is -0.897. The second-order valence-corrected chi connectivity index (χ2v) is 5.95. The van der Waals surface area contributed by atoms with E-state index in [4.69, 9.17) is 9.47 Å². The lowest BCUT2D eigenvalue weighted by atomic mass is 10.1. The molecule has 0 aliphatic rings. The Balaban J connectivity index is 2.04. The highest BCUT2D eigenvalue weighted by Crippen LogP contribution is 2.30. The Labute approximate surface area is 151 Å². The fraction of sp³-hybridized carbons (Fsp3) is 0.316. The van der Waals surface area contributed by atoms with E-state index in [1.807, 2.05) is 19.1 Å². The number of ether oxygens (including phenoxy) is 2. The molecule has 2 rings (SSSR count). The Morgan fingerprint density at radius 1 is 1.12 bits per heavy atom. The van der Waals surface area contributed by atoms with Gasteiger partial charge in [0.2, 0.25) is 5.91 Å². The lowest BCUT2D eigenvalue weighted by molar-refractivity contribution is -0.117. The molecule has 0 heterocycles. The van der Waals surface area contributed by atoms with Crippen LogP contribution in [0, 0.1) is 18.6 Å². The molecule has 0 atom stereocenters. The van der Waals surface area contributed by atoms with Crippen molar-refractivity contribution in [1.29, 1.82) is 0 Å². The van der Waals surface area contributed by atoms with E-state index in [2.05, 4.69) is 5.32 Å². The van der Waals surface area contributed by atoms with Crippen molar-refractivity contribution in [3.05, 3.63) is 53.1 Å². The standard InChI is InChI=1S/C19H22F2N2O3/c1-12-8-16(25-3)17(26-4)9-13(12)10-23(2)11-18(24)22-19-14(20)6-5-7-15(19)21/h5-9H,10-11H2,1-4H3,(H,22,24). The molecule has 0 aliphatic heterocycles. The summed E-state index contributed by atoms with van der Waals surface area (Å²) in [4.78, 5) is 13.8. The molecule has 0 unspecified atom stereocenters. The number of hydrogen-bond acceptors (Lipinski definition) is 4. The number of halogens is 2. The normalized spacial score (nSPS) is 10.7. The van der Waals surface area contributed by atoms with Crippen molar-refractivity contribution >= 4 is 11.6 Å². The van der Waals surface area contributed by atoms with Gasteiger partial charge >= 0.3 is 0 Å². The number of methoxy groups -OCH3 is 2. The second-order valence-electron chi connectivity index (χ2n) is 5.95. The zero-order valence-corrected chi connectivity index (χ0v) is 15.2. The summed E-state index contributed by atoms with van der Waals surface area (Å²) in [5, 5.41) is 2.28. The summed E-state index contributed by atoms with van der Waals surface area (Å²) in [6.45, 7) is 2.36. The van der Waals surface area contributed by atoms with Gasteiger partial charge in [-0.15, -0.1) is 0 Å². The van der Waals surface area contributed by atoms with Crippen LogP contribution >= 0.6 is 0 Å². The van der Waals surface area contributed by atoms with Crippen molar-refractivity contribution in [2.45, 2.75) is 13.5 Å². The molecule has 0 saturated heterocycles. The maximum Gasteiger partial charge on any atom is 0.238 e. The van der Waals surface area contributed by atoms with Crippen molar-refractivity contribution in [2.24, 2.45) is 0 Å². The molecule has 7 heteroatoms. The molecular formula is C19H22F2N2O3. The number of likely N-dealkylation sites (N-methyl/N-ethyl adjacent to an activating group) is 1. The number of aryl methyl sites for hydroxylation is 1. The zero-order chi connectivity index (χ0) is 19.3. The van der Waals surface area contributed by atoms with Crippen molar-refractivity contribution in [3.8, 4) is 11.5 Å². The highest BCUT2D eigenvalue weighted by atomic mass is 19.1. The average Bonchev–Trinajstić information content (AvgIpc) is 2.59. The van der Waals surface area contributed by atoms with E-state index in [0.717, 1.165) is 23.3 Å². The number of amides is 1. The SMILES string of the molecule is COc1cc(C)c(CN(C)CC(=O)Nc2c(F)cccc2F)cc1OC. The first-order chi connectivity index (χ1) is 12.3. The Hall–Kier alpha value is -2.67. The van der Waals surface area contributed by atoms with Gasteiger partial charge in [-0.25, -0.2) is 8.78 Å².